The molecule has 0 radical (unpaired) electrons. The standard InChI is InChI=1S/C17H19N7O2/c1-23-14-6-11(15(25)22-12(14)9-21-23)16(26)24-5-3-2-4-13(24)10-7-19-17(18)20-8-10/h6-9,13H,2-5H2,1H3,(H,22,25)(H2,18,19,20). The number of aromatic nitrogens is 5. The molecule has 0 aromatic carbocycles. The van der Waals surface area contributed by atoms with Crippen LogP contribution in [0.4, 0.5) is 5.95 Å². The highest BCUT2D eigenvalue weighted by molar-refractivity contribution is 5.96. The van der Waals surface area contributed by atoms with Crippen LogP contribution in [-0.2, 0) is 7.05 Å². The average molecular weight is 353 g/mol. The predicted octanol–water partition coefficient (Wildman–Crippen LogP) is 1.00. The monoisotopic (exact) mass is 353 g/mol. The van der Waals surface area contributed by atoms with Gasteiger partial charge in [0.05, 0.1) is 23.3 Å². The zero-order valence-electron chi connectivity index (χ0n) is 14.3. The highest BCUT2D eigenvalue weighted by Crippen LogP contribution is 2.31. The van der Waals surface area contributed by atoms with E-state index in [1.54, 1.807) is 41.3 Å². The van der Waals surface area contributed by atoms with Crippen molar-refractivity contribution >= 4 is 22.9 Å². The lowest BCUT2D eigenvalue weighted by atomic mass is 9.96. The molecule has 3 N–H and O–H groups in total. The number of hydrogen-bond acceptors (Lipinski definition) is 6. The van der Waals surface area contributed by atoms with E-state index >= 15 is 0 Å². The summed E-state index contributed by atoms with van der Waals surface area (Å²) in [5, 5.41) is 4.11. The summed E-state index contributed by atoms with van der Waals surface area (Å²) >= 11 is 0. The summed E-state index contributed by atoms with van der Waals surface area (Å²) in [6.07, 6.45) is 7.55. The third-order valence-electron chi connectivity index (χ3n) is 4.83. The molecule has 0 saturated carbocycles. The molecule has 1 amide bonds. The first kappa shape index (κ1) is 16.2. The number of pyridine rings is 1. The summed E-state index contributed by atoms with van der Waals surface area (Å²) in [6, 6.07) is 1.44. The number of nitrogens with two attached hydrogens (primary N) is 1. The van der Waals surface area contributed by atoms with Gasteiger partial charge in [-0.15, -0.1) is 0 Å². The minimum Gasteiger partial charge on any atom is -0.368 e. The number of nitrogens with one attached hydrogen (secondary N) is 1. The first-order valence-electron chi connectivity index (χ1n) is 8.48. The summed E-state index contributed by atoms with van der Waals surface area (Å²) in [4.78, 5) is 38.1. The van der Waals surface area contributed by atoms with E-state index in [9.17, 15) is 9.59 Å². The Morgan fingerprint density at radius 3 is 2.81 bits per heavy atom. The maximum Gasteiger partial charge on any atom is 0.261 e. The molecule has 0 aliphatic carbocycles. The number of rotatable bonds is 2. The lowest BCUT2D eigenvalue weighted by Crippen LogP contribution is -2.40. The van der Waals surface area contributed by atoms with Crippen LogP contribution in [0.5, 0.6) is 0 Å². The molecule has 1 fully saturated rings. The van der Waals surface area contributed by atoms with Crippen LogP contribution >= 0.6 is 0 Å². The van der Waals surface area contributed by atoms with E-state index < -0.39 is 5.56 Å². The molecule has 0 spiro atoms. The molecular weight excluding hydrogens is 334 g/mol. The number of carbonyl (C=O) groups excluding carboxylic acids is 1. The van der Waals surface area contributed by atoms with Gasteiger partial charge in [-0.2, -0.15) is 5.10 Å². The van der Waals surface area contributed by atoms with Gasteiger partial charge in [-0.1, -0.05) is 0 Å². The van der Waals surface area contributed by atoms with Gasteiger partial charge in [0.2, 0.25) is 5.95 Å². The van der Waals surface area contributed by atoms with Gasteiger partial charge in [0, 0.05) is 31.5 Å². The molecule has 1 aliphatic rings. The second kappa shape index (κ2) is 6.25. The Balaban J connectivity index is 1.73. The van der Waals surface area contributed by atoms with Gasteiger partial charge in [-0.25, -0.2) is 9.97 Å². The Morgan fingerprint density at radius 2 is 2.04 bits per heavy atom. The van der Waals surface area contributed by atoms with Crippen LogP contribution in [0.3, 0.4) is 0 Å². The number of nitrogen functional groups attached to an aromatic ring is 1. The van der Waals surface area contributed by atoms with E-state index in [2.05, 4.69) is 20.1 Å². The molecule has 4 heterocycles. The zero-order valence-corrected chi connectivity index (χ0v) is 14.3. The Bertz CT molecular complexity index is 1020. The highest BCUT2D eigenvalue weighted by Gasteiger charge is 2.30. The number of fused-ring (bicyclic) bond motifs is 1. The predicted molar refractivity (Wildman–Crippen MR) is 95.4 cm³/mol. The minimum absolute atomic E-state index is 0.115. The molecule has 3 aromatic heterocycles. The topological polar surface area (TPSA) is 123 Å². The number of likely N-dealkylation sites (tertiary alicyclic amines) is 1. The fourth-order valence-corrected chi connectivity index (χ4v) is 3.46. The van der Waals surface area contributed by atoms with Gasteiger partial charge < -0.3 is 15.6 Å². The Kier molecular flexibility index (Phi) is 3.90. The second-order valence-electron chi connectivity index (χ2n) is 6.46. The fraction of sp³-hybridized carbons (Fsp3) is 0.353. The molecule has 9 nitrogen and oxygen atoms in total. The molecule has 1 unspecified atom stereocenters. The maximum atomic E-state index is 13.2. The molecule has 4 rings (SSSR count). The van der Waals surface area contributed by atoms with Gasteiger partial charge in [0.15, 0.2) is 0 Å². The molecule has 26 heavy (non-hydrogen) atoms. The molecular formula is C17H19N7O2. The smallest absolute Gasteiger partial charge is 0.261 e. The maximum absolute atomic E-state index is 13.2. The molecule has 3 aromatic rings. The van der Waals surface area contributed by atoms with E-state index in [4.69, 9.17) is 5.73 Å². The summed E-state index contributed by atoms with van der Waals surface area (Å²) in [6.45, 7) is 0.580. The number of anilines is 1. The van der Waals surface area contributed by atoms with E-state index in [0.717, 1.165) is 24.8 Å². The lowest BCUT2D eigenvalue weighted by Gasteiger charge is -2.35. The van der Waals surface area contributed by atoms with Crippen LogP contribution in [0.2, 0.25) is 0 Å². The van der Waals surface area contributed by atoms with E-state index in [-0.39, 0.29) is 23.5 Å². The number of aromatic amines is 1. The number of carbonyl (C=O) groups is 1. The number of nitrogens with zero attached hydrogens (tertiary/aromatic N) is 5. The van der Waals surface area contributed by atoms with Gasteiger partial charge in [-0.05, 0) is 25.3 Å². The van der Waals surface area contributed by atoms with Crippen molar-refractivity contribution in [2.45, 2.75) is 25.3 Å². The number of aryl methyl sites for hydroxylation is 1. The summed E-state index contributed by atoms with van der Waals surface area (Å²) in [5.74, 6) is -0.101. The van der Waals surface area contributed by atoms with Crippen LogP contribution in [-0.4, -0.2) is 42.1 Å². The van der Waals surface area contributed by atoms with Gasteiger partial charge in [0.25, 0.3) is 11.5 Å². The molecule has 134 valence electrons. The summed E-state index contributed by atoms with van der Waals surface area (Å²) in [7, 11) is 1.77. The molecule has 1 atom stereocenters. The first-order valence-corrected chi connectivity index (χ1v) is 8.48. The van der Waals surface area contributed by atoms with Crippen LogP contribution in [0, 0.1) is 0 Å². The van der Waals surface area contributed by atoms with Crippen molar-refractivity contribution in [3.63, 3.8) is 0 Å². The van der Waals surface area contributed by atoms with E-state index in [1.165, 1.54) is 0 Å². The zero-order chi connectivity index (χ0) is 18.3. The highest BCUT2D eigenvalue weighted by atomic mass is 16.2. The SMILES string of the molecule is Cn1ncc2[nH]c(=O)c(C(=O)N3CCCCC3c3cnc(N)nc3)cc21. The van der Waals surface area contributed by atoms with Crippen molar-refractivity contribution in [1.29, 1.82) is 0 Å². The average Bonchev–Trinajstić information content (AvgIpc) is 3.01. The normalized spacial score (nSPS) is 17.6. The number of piperidine rings is 1. The second-order valence-corrected chi connectivity index (χ2v) is 6.46. The Labute approximate surface area is 148 Å². The Morgan fingerprint density at radius 1 is 1.27 bits per heavy atom. The van der Waals surface area contributed by atoms with Crippen molar-refractivity contribution in [3.8, 4) is 0 Å². The minimum atomic E-state index is -0.409. The van der Waals surface area contributed by atoms with Crippen LogP contribution in [0.1, 0.15) is 41.2 Å². The summed E-state index contributed by atoms with van der Waals surface area (Å²) < 4.78 is 1.63. The van der Waals surface area contributed by atoms with Crippen molar-refractivity contribution in [3.05, 3.63) is 46.1 Å². The Hall–Kier alpha value is -3.23. The van der Waals surface area contributed by atoms with Crippen LogP contribution < -0.4 is 11.3 Å². The number of hydrogen-bond donors (Lipinski definition) is 2. The van der Waals surface area contributed by atoms with E-state index in [0.29, 0.717) is 17.6 Å². The molecule has 1 saturated heterocycles. The largest absolute Gasteiger partial charge is 0.368 e. The third kappa shape index (κ3) is 2.71. The molecule has 9 heteroatoms. The molecule has 1 aliphatic heterocycles. The van der Waals surface area contributed by atoms with Crippen molar-refractivity contribution < 1.29 is 4.79 Å². The lowest BCUT2D eigenvalue weighted by molar-refractivity contribution is 0.0609. The van der Waals surface area contributed by atoms with Gasteiger partial charge in [-0.3, -0.25) is 14.3 Å². The summed E-state index contributed by atoms with van der Waals surface area (Å²) in [5.41, 5.74) is 7.41. The quantitative estimate of drug-likeness (QED) is 0.708. The fourth-order valence-electron chi connectivity index (χ4n) is 3.46. The first-order chi connectivity index (χ1) is 12.5. The van der Waals surface area contributed by atoms with E-state index in [1.807, 2.05) is 0 Å². The van der Waals surface area contributed by atoms with Crippen LogP contribution in [0.15, 0.2) is 29.5 Å². The van der Waals surface area contributed by atoms with Gasteiger partial charge >= 0.3 is 0 Å². The van der Waals surface area contributed by atoms with Gasteiger partial charge in [0.1, 0.15) is 5.56 Å². The number of H-pyrrole nitrogens is 1. The van der Waals surface area contributed by atoms with Crippen molar-refractivity contribution in [2.24, 2.45) is 7.05 Å². The van der Waals surface area contributed by atoms with Crippen LogP contribution in [0.25, 0.3) is 11.0 Å². The van der Waals surface area contributed by atoms with Crippen molar-refractivity contribution in [1.82, 2.24) is 29.6 Å². The third-order valence-corrected chi connectivity index (χ3v) is 4.83. The van der Waals surface area contributed by atoms with Crippen molar-refractivity contribution in [2.75, 3.05) is 12.3 Å². The number of amides is 1. The molecule has 0 bridgehead atoms.